The molecule has 3 aromatic rings. The third-order valence-corrected chi connectivity index (χ3v) is 4.39. The van der Waals surface area contributed by atoms with Crippen LogP contribution in [0.25, 0.3) is 11.1 Å². The van der Waals surface area contributed by atoms with Crippen LogP contribution in [-0.4, -0.2) is 5.91 Å². The fraction of sp³-hybridized carbons (Fsp3) is 0.0952. The molecule has 0 N–H and O–H groups in total. The summed E-state index contributed by atoms with van der Waals surface area (Å²) in [5.74, 6) is 0.188. The van der Waals surface area contributed by atoms with Crippen LogP contribution in [0.3, 0.4) is 0 Å². The minimum Gasteiger partial charge on any atom is -0.304 e. The fourth-order valence-electron chi connectivity index (χ4n) is 3.12. The van der Waals surface area contributed by atoms with Crippen LogP contribution < -0.4 is 4.90 Å². The lowest BCUT2D eigenvalue weighted by Crippen LogP contribution is -2.46. The number of nitrogens with zero attached hydrogens (tertiary/aromatic N) is 1. The van der Waals surface area contributed by atoms with E-state index in [1.807, 2.05) is 53.4 Å². The van der Waals surface area contributed by atoms with E-state index in [4.69, 9.17) is 0 Å². The Morgan fingerprint density at radius 2 is 1.26 bits per heavy atom. The molecule has 2 heteroatoms. The Labute approximate surface area is 136 Å². The van der Waals surface area contributed by atoms with Gasteiger partial charge >= 0.3 is 0 Å². The van der Waals surface area contributed by atoms with E-state index in [9.17, 15) is 4.79 Å². The minimum absolute atomic E-state index is 0.148. The van der Waals surface area contributed by atoms with Gasteiger partial charge in [0, 0.05) is 5.69 Å². The first-order chi connectivity index (χ1) is 11.3. The maximum Gasteiger partial charge on any atom is 0.230 e. The predicted octanol–water partition coefficient (Wildman–Crippen LogP) is 4.83. The van der Waals surface area contributed by atoms with Gasteiger partial charge in [0.15, 0.2) is 0 Å². The molecule has 1 heterocycles. The molecule has 4 rings (SSSR count). The number of carbonyl (C=O) groups is 1. The van der Waals surface area contributed by atoms with Crippen molar-refractivity contribution >= 4 is 11.6 Å². The molecule has 0 aliphatic carbocycles. The van der Waals surface area contributed by atoms with Crippen LogP contribution in [-0.2, 0) is 4.79 Å². The van der Waals surface area contributed by atoms with Crippen LogP contribution >= 0.6 is 0 Å². The predicted molar refractivity (Wildman–Crippen MR) is 93.2 cm³/mol. The van der Waals surface area contributed by atoms with E-state index in [0.717, 1.165) is 5.69 Å². The van der Waals surface area contributed by atoms with Crippen LogP contribution in [0.2, 0.25) is 0 Å². The molecule has 1 atom stereocenters. The van der Waals surface area contributed by atoms with Gasteiger partial charge < -0.3 is 4.90 Å². The lowest BCUT2D eigenvalue weighted by Gasteiger charge is -2.40. The summed E-state index contributed by atoms with van der Waals surface area (Å²) in [6.07, 6.45) is 0.583. The zero-order chi connectivity index (χ0) is 15.6. The summed E-state index contributed by atoms with van der Waals surface area (Å²) in [4.78, 5) is 13.9. The second kappa shape index (κ2) is 5.73. The van der Waals surface area contributed by atoms with Crippen LogP contribution in [0.15, 0.2) is 84.9 Å². The first kappa shape index (κ1) is 13.8. The number of rotatable bonds is 3. The molecule has 23 heavy (non-hydrogen) atoms. The summed E-state index contributed by atoms with van der Waals surface area (Å²) in [5, 5.41) is 0. The van der Waals surface area contributed by atoms with Crippen LogP contribution in [0.5, 0.6) is 0 Å². The van der Waals surface area contributed by atoms with Gasteiger partial charge in [-0.2, -0.15) is 0 Å². The van der Waals surface area contributed by atoms with Crippen LogP contribution in [0.1, 0.15) is 18.0 Å². The SMILES string of the molecule is O=C1CC(c2ccc(-c3ccccc3)cc2)N1c1ccccc1. The lowest BCUT2D eigenvalue weighted by atomic mass is 9.91. The van der Waals surface area contributed by atoms with Crippen molar-refractivity contribution in [1.29, 1.82) is 0 Å². The van der Waals surface area contributed by atoms with E-state index in [-0.39, 0.29) is 11.9 Å². The molecular weight excluding hydrogens is 282 g/mol. The van der Waals surface area contributed by atoms with E-state index < -0.39 is 0 Å². The van der Waals surface area contributed by atoms with Gasteiger partial charge in [0.25, 0.3) is 0 Å². The van der Waals surface area contributed by atoms with Crippen molar-refractivity contribution in [1.82, 2.24) is 0 Å². The normalized spacial score (nSPS) is 17.0. The molecule has 1 unspecified atom stereocenters. The molecule has 0 aromatic heterocycles. The summed E-state index contributed by atoms with van der Waals surface area (Å²) < 4.78 is 0. The highest BCUT2D eigenvalue weighted by atomic mass is 16.2. The zero-order valence-electron chi connectivity index (χ0n) is 12.7. The third-order valence-electron chi connectivity index (χ3n) is 4.39. The molecule has 0 spiro atoms. The van der Waals surface area contributed by atoms with Crippen molar-refractivity contribution in [2.24, 2.45) is 0 Å². The number of hydrogen-bond acceptors (Lipinski definition) is 1. The molecule has 1 saturated heterocycles. The van der Waals surface area contributed by atoms with Gasteiger partial charge in [0.1, 0.15) is 0 Å². The highest BCUT2D eigenvalue weighted by molar-refractivity contribution is 6.01. The van der Waals surface area contributed by atoms with Gasteiger partial charge in [-0.05, 0) is 28.8 Å². The van der Waals surface area contributed by atoms with Crippen LogP contribution in [0.4, 0.5) is 5.69 Å². The molecule has 1 amide bonds. The molecule has 112 valence electrons. The molecule has 0 radical (unpaired) electrons. The molecule has 1 aliphatic heterocycles. The Morgan fingerprint density at radius 3 is 1.87 bits per heavy atom. The van der Waals surface area contributed by atoms with Gasteiger partial charge in [0.2, 0.25) is 5.91 Å². The highest BCUT2D eigenvalue weighted by Gasteiger charge is 2.37. The maximum absolute atomic E-state index is 12.0. The first-order valence-corrected chi connectivity index (χ1v) is 7.85. The third kappa shape index (κ3) is 2.53. The number of carbonyl (C=O) groups excluding carboxylic acids is 1. The summed E-state index contributed by atoms with van der Waals surface area (Å²) in [6, 6.07) is 28.9. The summed E-state index contributed by atoms with van der Waals surface area (Å²) in [6.45, 7) is 0. The number of anilines is 1. The minimum atomic E-state index is 0.148. The average Bonchev–Trinajstić information content (AvgIpc) is 2.61. The van der Waals surface area contributed by atoms with Gasteiger partial charge in [-0.1, -0.05) is 72.8 Å². The maximum atomic E-state index is 12.0. The molecular formula is C21H17NO. The number of amides is 1. The van der Waals surface area contributed by atoms with Crippen LogP contribution in [0, 0.1) is 0 Å². The number of benzene rings is 3. The highest BCUT2D eigenvalue weighted by Crippen LogP contribution is 2.39. The number of para-hydroxylation sites is 1. The molecule has 2 nitrogen and oxygen atoms in total. The van der Waals surface area contributed by atoms with Crippen molar-refractivity contribution in [3.63, 3.8) is 0 Å². The zero-order valence-corrected chi connectivity index (χ0v) is 12.7. The van der Waals surface area contributed by atoms with E-state index in [1.165, 1.54) is 16.7 Å². The average molecular weight is 299 g/mol. The number of β-lactam (4-membered cyclic amide) rings is 1. The van der Waals surface area contributed by atoms with Crippen molar-refractivity contribution in [2.45, 2.75) is 12.5 Å². The molecule has 0 saturated carbocycles. The standard InChI is InChI=1S/C21H17NO/c23-21-15-20(22(21)19-9-5-2-6-10-19)18-13-11-17(12-14-18)16-7-3-1-4-8-16/h1-14,20H,15H2. The van der Waals surface area contributed by atoms with E-state index >= 15 is 0 Å². The lowest BCUT2D eigenvalue weighted by molar-refractivity contribution is -0.124. The van der Waals surface area contributed by atoms with Crippen molar-refractivity contribution in [3.05, 3.63) is 90.5 Å². The van der Waals surface area contributed by atoms with Crippen molar-refractivity contribution in [3.8, 4) is 11.1 Å². The Hall–Kier alpha value is -2.87. The molecule has 1 aliphatic rings. The Morgan fingerprint density at radius 1 is 0.696 bits per heavy atom. The molecule has 1 fully saturated rings. The number of hydrogen-bond donors (Lipinski definition) is 0. The van der Waals surface area contributed by atoms with Crippen molar-refractivity contribution in [2.75, 3.05) is 4.90 Å². The van der Waals surface area contributed by atoms with Gasteiger partial charge in [-0.3, -0.25) is 4.79 Å². The van der Waals surface area contributed by atoms with Gasteiger partial charge in [0.05, 0.1) is 12.5 Å². The first-order valence-electron chi connectivity index (χ1n) is 7.85. The van der Waals surface area contributed by atoms with Gasteiger partial charge in [-0.15, -0.1) is 0 Å². The molecule has 3 aromatic carbocycles. The van der Waals surface area contributed by atoms with Gasteiger partial charge in [-0.25, -0.2) is 0 Å². The quantitative estimate of drug-likeness (QED) is 0.634. The van der Waals surface area contributed by atoms with Crippen molar-refractivity contribution < 1.29 is 4.79 Å². The monoisotopic (exact) mass is 299 g/mol. The van der Waals surface area contributed by atoms with E-state index in [0.29, 0.717) is 6.42 Å². The second-order valence-corrected chi connectivity index (χ2v) is 5.81. The van der Waals surface area contributed by atoms with E-state index in [1.54, 1.807) is 0 Å². The smallest absolute Gasteiger partial charge is 0.230 e. The summed E-state index contributed by atoms with van der Waals surface area (Å²) in [5.41, 5.74) is 4.57. The summed E-state index contributed by atoms with van der Waals surface area (Å²) >= 11 is 0. The Kier molecular flexibility index (Phi) is 3.43. The fourth-order valence-corrected chi connectivity index (χ4v) is 3.12. The second-order valence-electron chi connectivity index (χ2n) is 5.81. The topological polar surface area (TPSA) is 20.3 Å². The Bertz CT molecular complexity index is 809. The Balaban J connectivity index is 1.60. The molecule has 0 bridgehead atoms. The van der Waals surface area contributed by atoms with E-state index in [2.05, 4.69) is 36.4 Å². The summed E-state index contributed by atoms with van der Waals surface area (Å²) in [7, 11) is 0. The largest absolute Gasteiger partial charge is 0.304 e.